The van der Waals surface area contributed by atoms with Crippen molar-refractivity contribution in [3.05, 3.63) is 48.0 Å². The fourth-order valence-electron chi connectivity index (χ4n) is 1.86. The fraction of sp³-hybridized carbons (Fsp3) is 0.0769. The van der Waals surface area contributed by atoms with E-state index in [-0.39, 0.29) is 0 Å². The first-order chi connectivity index (χ1) is 8.22. The maximum Gasteiger partial charge on any atom is 0.129 e. The Morgan fingerprint density at radius 3 is 2.71 bits per heavy atom. The molecule has 2 aromatic heterocycles. The molecule has 0 N–H and O–H groups in total. The average Bonchev–Trinajstić information content (AvgIpc) is 2.75. The molecule has 0 aliphatic rings. The summed E-state index contributed by atoms with van der Waals surface area (Å²) in [4.78, 5) is 4.06. The maximum absolute atomic E-state index is 5.89. The third-order valence-corrected chi connectivity index (χ3v) is 2.93. The van der Waals surface area contributed by atoms with Gasteiger partial charge >= 0.3 is 0 Å². The first-order valence-electron chi connectivity index (χ1n) is 5.27. The summed E-state index contributed by atoms with van der Waals surface area (Å²) in [6.07, 6.45) is 5.62. The molecule has 0 amide bonds. The van der Waals surface area contributed by atoms with Crippen LogP contribution in [0.3, 0.4) is 0 Å². The zero-order valence-corrected chi connectivity index (χ0v) is 10.0. The van der Waals surface area contributed by atoms with Gasteiger partial charge in [0.25, 0.3) is 0 Å². The maximum atomic E-state index is 5.89. The Morgan fingerprint density at radius 2 is 1.94 bits per heavy atom. The molecule has 0 radical (unpaired) electrons. The monoisotopic (exact) mass is 243 g/mol. The van der Waals surface area contributed by atoms with Crippen LogP contribution in [-0.4, -0.2) is 14.8 Å². The summed E-state index contributed by atoms with van der Waals surface area (Å²) < 4.78 is 1.79. The van der Waals surface area contributed by atoms with E-state index in [1.807, 2.05) is 31.6 Å². The molecule has 17 heavy (non-hydrogen) atoms. The van der Waals surface area contributed by atoms with Crippen molar-refractivity contribution >= 4 is 22.4 Å². The summed E-state index contributed by atoms with van der Waals surface area (Å²) >= 11 is 5.89. The van der Waals surface area contributed by atoms with E-state index < -0.39 is 0 Å². The smallest absolute Gasteiger partial charge is 0.129 e. The van der Waals surface area contributed by atoms with Gasteiger partial charge in [-0.15, -0.1) is 0 Å². The molecule has 3 nitrogen and oxygen atoms in total. The Morgan fingerprint density at radius 1 is 1.06 bits per heavy atom. The first-order valence-corrected chi connectivity index (χ1v) is 5.64. The predicted octanol–water partition coefficient (Wildman–Crippen LogP) is 3.29. The minimum absolute atomic E-state index is 0.515. The zero-order chi connectivity index (χ0) is 11.8. The van der Waals surface area contributed by atoms with Crippen molar-refractivity contribution in [3.63, 3.8) is 0 Å². The predicted molar refractivity (Wildman–Crippen MR) is 69.0 cm³/mol. The summed E-state index contributed by atoms with van der Waals surface area (Å²) in [6.45, 7) is 0. The highest BCUT2D eigenvalue weighted by atomic mass is 35.5. The lowest BCUT2D eigenvalue weighted by Crippen LogP contribution is -1.84. The van der Waals surface area contributed by atoms with E-state index >= 15 is 0 Å². The van der Waals surface area contributed by atoms with Crippen molar-refractivity contribution < 1.29 is 0 Å². The molecule has 0 unspecified atom stereocenters. The lowest BCUT2D eigenvalue weighted by atomic mass is 10.1. The molecule has 0 atom stereocenters. The molecule has 0 bridgehead atoms. The highest BCUT2D eigenvalue weighted by Crippen LogP contribution is 2.24. The highest BCUT2D eigenvalue weighted by Gasteiger charge is 2.02. The zero-order valence-electron chi connectivity index (χ0n) is 9.26. The van der Waals surface area contributed by atoms with Crippen LogP contribution in [0.25, 0.3) is 21.9 Å². The quantitative estimate of drug-likeness (QED) is 0.614. The minimum atomic E-state index is 0.515. The van der Waals surface area contributed by atoms with Crippen LogP contribution < -0.4 is 0 Å². The van der Waals surface area contributed by atoms with Crippen LogP contribution in [0, 0.1) is 0 Å². The molecule has 0 spiro atoms. The summed E-state index contributed by atoms with van der Waals surface area (Å²) in [7, 11) is 1.91. The SMILES string of the molecule is Cn1cc(-c2ccc3cnc(Cl)cc3c2)cn1. The molecule has 0 saturated heterocycles. The molecular weight excluding hydrogens is 234 g/mol. The van der Waals surface area contributed by atoms with E-state index in [1.54, 1.807) is 10.9 Å². The third kappa shape index (κ3) is 1.89. The van der Waals surface area contributed by atoms with Gasteiger partial charge in [-0.2, -0.15) is 5.10 Å². The number of hydrogen-bond donors (Lipinski definition) is 0. The molecule has 0 saturated carbocycles. The normalized spacial score (nSPS) is 10.9. The van der Waals surface area contributed by atoms with Gasteiger partial charge in [-0.05, 0) is 23.1 Å². The molecule has 84 valence electrons. The summed E-state index contributed by atoms with van der Waals surface area (Å²) in [5.41, 5.74) is 2.23. The molecule has 0 aliphatic heterocycles. The number of rotatable bonds is 1. The van der Waals surface area contributed by atoms with Gasteiger partial charge < -0.3 is 0 Å². The minimum Gasteiger partial charge on any atom is -0.275 e. The Labute approximate surface area is 104 Å². The van der Waals surface area contributed by atoms with Crippen molar-refractivity contribution in [2.45, 2.75) is 0 Å². The van der Waals surface area contributed by atoms with Gasteiger partial charge in [-0.1, -0.05) is 23.7 Å². The molecule has 0 aliphatic carbocycles. The van der Waals surface area contributed by atoms with E-state index in [0.29, 0.717) is 5.15 Å². The molecule has 0 fully saturated rings. The molecule has 4 heteroatoms. The topological polar surface area (TPSA) is 30.7 Å². The fourth-order valence-corrected chi connectivity index (χ4v) is 2.03. The Bertz CT molecular complexity index is 688. The van der Waals surface area contributed by atoms with Gasteiger partial charge in [0, 0.05) is 30.4 Å². The van der Waals surface area contributed by atoms with E-state index in [0.717, 1.165) is 21.9 Å². The van der Waals surface area contributed by atoms with E-state index in [1.165, 1.54) is 0 Å². The summed E-state index contributed by atoms with van der Waals surface area (Å²) in [6, 6.07) is 8.08. The molecule has 2 heterocycles. The average molecular weight is 244 g/mol. The Kier molecular flexibility index (Phi) is 2.34. The first kappa shape index (κ1) is 10.3. The third-order valence-electron chi connectivity index (χ3n) is 2.73. The van der Waals surface area contributed by atoms with Gasteiger partial charge in [-0.25, -0.2) is 4.98 Å². The second kappa shape index (κ2) is 3.86. The lowest BCUT2D eigenvalue weighted by molar-refractivity contribution is 0.768. The molecule has 3 aromatic rings. The van der Waals surface area contributed by atoms with Crippen molar-refractivity contribution in [1.82, 2.24) is 14.8 Å². The second-order valence-corrected chi connectivity index (χ2v) is 4.36. The van der Waals surface area contributed by atoms with Crippen LogP contribution in [0.5, 0.6) is 0 Å². The molecule has 1 aromatic carbocycles. The number of aryl methyl sites for hydroxylation is 1. The number of pyridine rings is 1. The van der Waals surface area contributed by atoms with Gasteiger partial charge in [0.1, 0.15) is 5.15 Å². The standard InChI is InChI=1S/C13H10ClN3/c1-17-8-12(7-16-17)9-2-3-10-6-15-13(14)5-11(10)4-9/h2-8H,1H3. The van der Waals surface area contributed by atoms with Crippen molar-refractivity contribution in [3.8, 4) is 11.1 Å². The number of halogens is 1. The Balaban J connectivity index is 2.18. The van der Waals surface area contributed by atoms with E-state index in [2.05, 4.69) is 22.2 Å². The van der Waals surface area contributed by atoms with Gasteiger partial charge in [-0.3, -0.25) is 4.68 Å². The van der Waals surface area contributed by atoms with Crippen LogP contribution >= 0.6 is 11.6 Å². The van der Waals surface area contributed by atoms with Gasteiger partial charge in [0.15, 0.2) is 0 Å². The van der Waals surface area contributed by atoms with Crippen molar-refractivity contribution in [2.75, 3.05) is 0 Å². The van der Waals surface area contributed by atoms with Crippen LogP contribution in [-0.2, 0) is 7.05 Å². The van der Waals surface area contributed by atoms with Gasteiger partial charge in [0.05, 0.1) is 6.20 Å². The van der Waals surface area contributed by atoms with Gasteiger partial charge in [0.2, 0.25) is 0 Å². The summed E-state index contributed by atoms with van der Waals surface area (Å²) in [5.74, 6) is 0. The van der Waals surface area contributed by atoms with Crippen LogP contribution in [0.4, 0.5) is 0 Å². The largest absolute Gasteiger partial charge is 0.275 e. The number of hydrogen-bond acceptors (Lipinski definition) is 2. The van der Waals surface area contributed by atoms with Crippen molar-refractivity contribution in [2.24, 2.45) is 7.05 Å². The number of benzene rings is 1. The highest BCUT2D eigenvalue weighted by molar-refractivity contribution is 6.30. The van der Waals surface area contributed by atoms with Crippen LogP contribution in [0.15, 0.2) is 42.9 Å². The molecular formula is C13H10ClN3. The molecule has 3 rings (SSSR count). The van der Waals surface area contributed by atoms with E-state index in [4.69, 9.17) is 11.6 Å². The number of aromatic nitrogens is 3. The van der Waals surface area contributed by atoms with Crippen LogP contribution in [0.2, 0.25) is 5.15 Å². The lowest BCUT2D eigenvalue weighted by Gasteiger charge is -2.01. The second-order valence-electron chi connectivity index (χ2n) is 3.97. The van der Waals surface area contributed by atoms with E-state index in [9.17, 15) is 0 Å². The summed E-state index contributed by atoms with van der Waals surface area (Å²) in [5, 5.41) is 6.86. The van der Waals surface area contributed by atoms with Crippen molar-refractivity contribution in [1.29, 1.82) is 0 Å². The number of fused-ring (bicyclic) bond motifs is 1. The Hall–Kier alpha value is -1.87. The number of nitrogens with zero attached hydrogens (tertiary/aromatic N) is 3. The van der Waals surface area contributed by atoms with Crippen LogP contribution in [0.1, 0.15) is 0 Å².